The van der Waals surface area contributed by atoms with Crippen LogP contribution in [0.2, 0.25) is 0 Å². The maximum absolute atomic E-state index is 11.4. The second kappa shape index (κ2) is 7.27. The Morgan fingerprint density at radius 2 is 2.24 bits per heavy atom. The number of methoxy groups -OCH3 is 1. The molecule has 1 amide bonds. The first-order valence-electron chi connectivity index (χ1n) is 6.24. The van der Waals surface area contributed by atoms with E-state index >= 15 is 0 Å². The topological polar surface area (TPSA) is 49.9 Å². The Morgan fingerprint density at radius 3 is 2.76 bits per heavy atom. The van der Waals surface area contributed by atoms with Crippen LogP contribution in [-0.4, -0.2) is 61.5 Å². The lowest BCUT2D eigenvalue weighted by molar-refractivity contribution is -0.141. The number of ether oxygens (including phenoxy) is 1. The molecule has 0 N–H and O–H groups in total. The van der Waals surface area contributed by atoms with E-state index in [4.69, 9.17) is 0 Å². The number of hydrogen-bond acceptors (Lipinski definition) is 4. The Balaban J connectivity index is 2.32. The predicted molar refractivity (Wildman–Crippen MR) is 64.6 cm³/mol. The first-order chi connectivity index (χ1) is 8.17. The quantitative estimate of drug-likeness (QED) is 0.610. The van der Waals surface area contributed by atoms with Crippen LogP contribution < -0.4 is 0 Å². The molecule has 0 atom stereocenters. The number of amides is 1. The normalized spacial score (nSPS) is 15.7. The van der Waals surface area contributed by atoms with E-state index in [-0.39, 0.29) is 11.9 Å². The van der Waals surface area contributed by atoms with Crippen LogP contribution in [0.25, 0.3) is 0 Å². The minimum absolute atomic E-state index is 0.216. The monoisotopic (exact) mass is 242 g/mol. The highest BCUT2D eigenvalue weighted by atomic mass is 16.5. The fourth-order valence-electron chi connectivity index (χ4n) is 2.04. The summed E-state index contributed by atoms with van der Waals surface area (Å²) in [5, 5.41) is 0. The summed E-state index contributed by atoms with van der Waals surface area (Å²) in [5.41, 5.74) is 0. The summed E-state index contributed by atoms with van der Waals surface area (Å²) in [6.45, 7) is 5.57. The van der Waals surface area contributed by atoms with Gasteiger partial charge in [-0.25, -0.2) is 0 Å². The highest BCUT2D eigenvalue weighted by Gasteiger charge is 2.20. The molecule has 5 heteroatoms. The van der Waals surface area contributed by atoms with Crippen molar-refractivity contribution < 1.29 is 14.3 Å². The zero-order valence-electron chi connectivity index (χ0n) is 10.8. The Bertz CT molecular complexity index is 268. The average Bonchev–Trinajstić information content (AvgIpc) is 2.72. The van der Waals surface area contributed by atoms with E-state index in [1.54, 1.807) is 0 Å². The number of likely N-dealkylation sites (tertiary alicyclic amines) is 1. The van der Waals surface area contributed by atoms with Gasteiger partial charge in [0.1, 0.15) is 0 Å². The molecule has 1 heterocycles. The number of esters is 1. The van der Waals surface area contributed by atoms with Gasteiger partial charge >= 0.3 is 5.97 Å². The van der Waals surface area contributed by atoms with Crippen LogP contribution in [0.3, 0.4) is 0 Å². The fraction of sp³-hybridized carbons (Fsp3) is 0.833. The van der Waals surface area contributed by atoms with Crippen molar-refractivity contribution in [2.45, 2.75) is 26.2 Å². The van der Waals surface area contributed by atoms with Crippen LogP contribution in [-0.2, 0) is 14.3 Å². The third-order valence-corrected chi connectivity index (χ3v) is 2.98. The van der Waals surface area contributed by atoms with Crippen molar-refractivity contribution in [2.75, 3.05) is 39.8 Å². The second-order valence-corrected chi connectivity index (χ2v) is 4.34. The summed E-state index contributed by atoms with van der Waals surface area (Å²) in [5.74, 6) is 0.0192. The molecule has 17 heavy (non-hydrogen) atoms. The van der Waals surface area contributed by atoms with Crippen LogP contribution >= 0.6 is 0 Å². The van der Waals surface area contributed by atoms with Crippen LogP contribution in [0.15, 0.2) is 0 Å². The highest BCUT2D eigenvalue weighted by molar-refractivity contribution is 5.78. The van der Waals surface area contributed by atoms with Crippen molar-refractivity contribution in [3.8, 4) is 0 Å². The lowest BCUT2D eigenvalue weighted by atomic mass is 10.3. The van der Waals surface area contributed by atoms with Crippen molar-refractivity contribution in [3.63, 3.8) is 0 Å². The van der Waals surface area contributed by atoms with E-state index in [1.165, 1.54) is 7.11 Å². The van der Waals surface area contributed by atoms with E-state index < -0.39 is 0 Å². The van der Waals surface area contributed by atoms with Gasteiger partial charge in [0.2, 0.25) is 5.91 Å². The summed E-state index contributed by atoms with van der Waals surface area (Å²) in [6, 6.07) is 0. The van der Waals surface area contributed by atoms with Gasteiger partial charge in [-0.2, -0.15) is 0 Å². The molecule has 0 aliphatic carbocycles. The van der Waals surface area contributed by atoms with E-state index in [0.29, 0.717) is 13.0 Å². The molecule has 1 fully saturated rings. The third-order valence-electron chi connectivity index (χ3n) is 2.98. The molecular formula is C12H22N2O3. The molecule has 0 aromatic heterocycles. The highest BCUT2D eigenvalue weighted by Crippen LogP contribution is 2.09. The van der Waals surface area contributed by atoms with Crippen LogP contribution in [0, 0.1) is 0 Å². The Hall–Kier alpha value is -1.10. The molecular weight excluding hydrogens is 220 g/mol. The third kappa shape index (κ3) is 4.73. The molecule has 1 aliphatic rings. The number of carbonyl (C=O) groups excluding carboxylic acids is 2. The van der Waals surface area contributed by atoms with E-state index in [1.807, 2.05) is 9.80 Å². The average molecular weight is 242 g/mol. The minimum atomic E-state index is -0.216. The Kier molecular flexibility index (Phi) is 5.97. The van der Waals surface area contributed by atoms with Crippen molar-refractivity contribution in [1.29, 1.82) is 0 Å². The van der Waals surface area contributed by atoms with Crippen molar-refractivity contribution in [3.05, 3.63) is 0 Å². The molecule has 1 saturated heterocycles. The fourth-order valence-corrected chi connectivity index (χ4v) is 2.04. The molecule has 0 radical (unpaired) electrons. The maximum atomic E-state index is 11.4. The van der Waals surface area contributed by atoms with Crippen molar-refractivity contribution >= 4 is 11.9 Å². The molecule has 0 aromatic carbocycles. The van der Waals surface area contributed by atoms with E-state index in [0.717, 1.165) is 39.0 Å². The summed E-state index contributed by atoms with van der Waals surface area (Å²) >= 11 is 0. The van der Waals surface area contributed by atoms with Gasteiger partial charge in [-0.1, -0.05) is 6.92 Å². The summed E-state index contributed by atoms with van der Waals surface area (Å²) in [7, 11) is 1.40. The van der Waals surface area contributed by atoms with Crippen LogP contribution in [0.1, 0.15) is 26.2 Å². The number of hydrogen-bond donors (Lipinski definition) is 0. The molecule has 0 bridgehead atoms. The molecule has 0 spiro atoms. The van der Waals surface area contributed by atoms with Gasteiger partial charge in [0.25, 0.3) is 0 Å². The number of rotatable bonds is 7. The zero-order valence-corrected chi connectivity index (χ0v) is 10.8. The van der Waals surface area contributed by atoms with E-state index in [2.05, 4.69) is 11.7 Å². The van der Waals surface area contributed by atoms with E-state index in [9.17, 15) is 9.59 Å². The van der Waals surface area contributed by atoms with Gasteiger partial charge in [-0.3, -0.25) is 14.5 Å². The van der Waals surface area contributed by atoms with Gasteiger partial charge in [-0.15, -0.1) is 0 Å². The summed E-state index contributed by atoms with van der Waals surface area (Å²) in [6.07, 6.45) is 2.62. The number of nitrogens with zero attached hydrogens (tertiary/aromatic N) is 2. The second-order valence-electron chi connectivity index (χ2n) is 4.34. The molecule has 1 rings (SSSR count). The maximum Gasteiger partial charge on any atom is 0.319 e. The molecule has 5 nitrogen and oxygen atoms in total. The van der Waals surface area contributed by atoms with Crippen LogP contribution in [0.5, 0.6) is 0 Å². The number of carbonyl (C=O) groups is 2. The summed E-state index contributed by atoms with van der Waals surface area (Å²) < 4.78 is 4.66. The first kappa shape index (κ1) is 14.0. The van der Waals surface area contributed by atoms with Gasteiger partial charge in [0.05, 0.1) is 13.7 Å². The minimum Gasteiger partial charge on any atom is -0.468 e. The standard InChI is InChI=1S/C12H22N2O3/c1-3-6-13(10-12(16)17-2)8-9-14-7-4-5-11(14)15/h3-10H2,1-2H3. The largest absolute Gasteiger partial charge is 0.468 e. The first-order valence-corrected chi connectivity index (χ1v) is 6.24. The molecule has 0 saturated carbocycles. The van der Waals surface area contributed by atoms with Gasteiger partial charge in [0.15, 0.2) is 0 Å². The molecule has 98 valence electrons. The smallest absolute Gasteiger partial charge is 0.319 e. The van der Waals surface area contributed by atoms with Crippen molar-refractivity contribution in [2.24, 2.45) is 0 Å². The SMILES string of the molecule is CCCN(CCN1CCCC1=O)CC(=O)OC. The molecule has 0 unspecified atom stereocenters. The Morgan fingerprint density at radius 1 is 1.47 bits per heavy atom. The zero-order chi connectivity index (χ0) is 12.7. The molecule has 0 aromatic rings. The predicted octanol–water partition coefficient (Wildman–Crippen LogP) is 0.494. The Labute approximate surface area is 103 Å². The van der Waals surface area contributed by atoms with Crippen molar-refractivity contribution in [1.82, 2.24) is 9.80 Å². The van der Waals surface area contributed by atoms with Gasteiger partial charge in [0, 0.05) is 26.1 Å². The van der Waals surface area contributed by atoms with Crippen LogP contribution in [0.4, 0.5) is 0 Å². The lowest BCUT2D eigenvalue weighted by Crippen LogP contribution is -2.39. The van der Waals surface area contributed by atoms with Gasteiger partial charge < -0.3 is 9.64 Å². The molecule has 1 aliphatic heterocycles. The lowest BCUT2D eigenvalue weighted by Gasteiger charge is -2.23. The summed E-state index contributed by atoms with van der Waals surface area (Å²) in [4.78, 5) is 26.6. The van der Waals surface area contributed by atoms with Gasteiger partial charge in [-0.05, 0) is 19.4 Å².